The van der Waals surface area contributed by atoms with Crippen molar-refractivity contribution >= 4 is 29.4 Å². The predicted molar refractivity (Wildman–Crippen MR) is 83.7 cm³/mol. The van der Waals surface area contributed by atoms with Crippen molar-refractivity contribution in [2.24, 2.45) is 4.99 Å². The van der Waals surface area contributed by atoms with E-state index in [1.165, 1.54) is 5.56 Å². The molecule has 0 saturated heterocycles. The lowest BCUT2D eigenvalue weighted by Gasteiger charge is -2.09. The Morgan fingerprint density at radius 2 is 1.74 bits per heavy atom. The minimum absolute atomic E-state index is 0.00562. The maximum absolute atomic E-state index is 6.17. The first-order valence-electron chi connectivity index (χ1n) is 6.11. The van der Waals surface area contributed by atoms with Crippen LogP contribution in [0.25, 0.3) is 0 Å². The molecule has 1 atom stereocenters. The molecule has 0 aliphatic rings. The molecule has 0 bridgehead atoms. The second-order valence-corrected chi connectivity index (χ2v) is 5.37. The van der Waals surface area contributed by atoms with Gasteiger partial charge in [-0.2, -0.15) is 0 Å². The SMILES string of the molecule is Cc1ccc(C=NC(C)c2ccc(Cl)cc2Cl)cc1. The van der Waals surface area contributed by atoms with Crippen LogP contribution in [-0.4, -0.2) is 6.21 Å². The van der Waals surface area contributed by atoms with Crippen LogP contribution in [0.4, 0.5) is 0 Å². The number of hydrogen-bond acceptors (Lipinski definition) is 1. The van der Waals surface area contributed by atoms with E-state index in [2.05, 4.69) is 36.2 Å². The van der Waals surface area contributed by atoms with Gasteiger partial charge in [0, 0.05) is 16.3 Å². The van der Waals surface area contributed by atoms with Gasteiger partial charge in [-0.3, -0.25) is 4.99 Å². The second kappa shape index (κ2) is 6.23. The molecule has 2 rings (SSSR count). The zero-order valence-corrected chi connectivity index (χ0v) is 12.4. The van der Waals surface area contributed by atoms with Crippen molar-refractivity contribution in [3.63, 3.8) is 0 Å². The molecule has 0 heterocycles. The van der Waals surface area contributed by atoms with E-state index in [4.69, 9.17) is 23.2 Å². The molecular weight excluding hydrogens is 277 g/mol. The summed E-state index contributed by atoms with van der Waals surface area (Å²) in [5.74, 6) is 0. The van der Waals surface area contributed by atoms with E-state index in [1.807, 2.05) is 25.3 Å². The summed E-state index contributed by atoms with van der Waals surface area (Å²) in [7, 11) is 0. The van der Waals surface area contributed by atoms with Crippen LogP contribution in [-0.2, 0) is 0 Å². The average molecular weight is 292 g/mol. The van der Waals surface area contributed by atoms with Gasteiger partial charge in [-0.15, -0.1) is 0 Å². The Bertz CT molecular complexity index is 588. The fourth-order valence-electron chi connectivity index (χ4n) is 1.77. The molecular formula is C16H15Cl2N. The summed E-state index contributed by atoms with van der Waals surface area (Å²) in [4.78, 5) is 4.53. The maximum Gasteiger partial charge on any atom is 0.0735 e. The fraction of sp³-hybridized carbons (Fsp3) is 0.188. The Morgan fingerprint density at radius 3 is 2.37 bits per heavy atom. The zero-order chi connectivity index (χ0) is 13.8. The van der Waals surface area contributed by atoms with Crippen molar-refractivity contribution in [1.82, 2.24) is 0 Å². The van der Waals surface area contributed by atoms with Gasteiger partial charge in [0.1, 0.15) is 0 Å². The third-order valence-corrected chi connectivity index (χ3v) is 3.50. The first kappa shape index (κ1) is 14.1. The molecule has 0 amide bonds. The summed E-state index contributed by atoms with van der Waals surface area (Å²) >= 11 is 12.1. The number of aliphatic imine (C=N–C) groups is 1. The summed E-state index contributed by atoms with van der Waals surface area (Å²) in [6.45, 7) is 4.08. The van der Waals surface area contributed by atoms with Crippen LogP contribution in [0.2, 0.25) is 10.0 Å². The lowest BCUT2D eigenvalue weighted by Crippen LogP contribution is -1.92. The Labute approximate surface area is 123 Å². The summed E-state index contributed by atoms with van der Waals surface area (Å²) < 4.78 is 0. The lowest BCUT2D eigenvalue weighted by molar-refractivity contribution is 0.825. The molecule has 1 nitrogen and oxygen atoms in total. The number of nitrogens with zero attached hydrogens (tertiary/aromatic N) is 1. The quantitative estimate of drug-likeness (QED) is 0.664. The summed E-state index contributed by atoms with van der Waals surface area (Å²) in [5, 5.41) is 1.30. The van der Waals surface area contributed by atoms with Crippen LogP contribution in [0.3, 0.4) is 0 Å². The Morgan fingerprint density at radius 1 is 1.05 bits per heavy atom. The van der Waals surface area contributed by atoms with Gasteiger partial charge in [0.05, 0.1) is 6.04 Å². The molecule has 0 spiro atoms. The van der Waals surface area contributed by atoms with Crippen LogP contribution >= 0.6 is 23.2 Å². The first-order chi connectivity index (χ1) is 9.06. The molecule has 0 fully saturated rings. The first-order valence-corrected chi connectivity index (χ1v) is 6.86. The van der Waals surface area contributed by atoms with Crippen molar-refractivity contribution < 1.29 is 0 Å². The Hall–Kier alpha value is -1.31. The average Bonchev–Trinajstić information content (AvgIpc) is 2.37. The highest BCUT2D eigenvalue weighted by Gasteiger charge is 2.07. The smallest absolute Gasteiger partial charge is 0.0735 e. The van der Waals surface area contributed by atoms with E-state index in [9.17, 15) is 0 Å². The summed E-state index contributed by atoms with van der Waals surface area (Å²) in [6, 6.07) is 13.7. The highest BCUT2D eigenvalue weighted by atomic mass is 35.5. The topological polar surface area (TPSA) is 12.4 Å². The summed E-state index contributed by atoms with van der Waals surface area (Å²) in [5.41, 5.74) is 3.31. The summed E-state index contributed by atoms with van der Waals surface area (Å²) in [6.07, 6.45) is 1.87. The van der Waals surface area contributed by atoms with Crippen molar-refractivity contribution in [1.29, 1.82) is 0 Å². The molecule has 0 radical (unpaired) electrons. The molecule has 1 unspecified atom stereocenters. The van der Waals surface area contributed by atoms with Crippen molar-refractivity contribution in [3.8, 4) is 0 Å². The van der Waals surface area contributed by atoms with Gasteiger partial charge in [-0.05, 0) is 37.1 Å². The van der Waals surface area contributed by atoms with Crippen molar-refractivity contribution in [2.75, 3.05) is 0 Å². The molecule has 2 aromatic carbocycles. The molecule has 2 aromatic rings. The van der Waals surface area contributed by atoms with E-state index >= 15 is 0 Å². The van der Waals surface area contributed by atoms with E-state index in [0.29, 0.717) is 10.0 Å². The Kier molecular flexibility index (Phi) is 4.62. The minimum Gasteiger partial charge on any atom is -0.285 e. The fourth-order valence-corrected chi connectivity index (χ4v) is 2.34. The van der Waals surface area contributed by atoms with Crippen LogP contribution in [0.1, 0.15) is 29.7 Å². The van der Waals surface area contributed by atoms with E-state index in [-0.39, 0.29) is 6.04 Å². The van der Waals surface area contributed by atoms with E-state index in [0.717, 1.165) is 11.1 Å². The Balaban J connectivity index is 2.16. The molecule has 98 valence electrons. The lowest BCUT2D eigenvalue weighted by atomic mass is 10.1. The number of aryl methyl sites for hydroxylation is 1. The van der Waals surface area contributed by atoms with Gasteiger partial charge in [0.2, 0.25) is 0 Å². The van der Waals surface area contributed by atoms with Gasteiger partial charge >= 0.3 is 0 Å². The molecule has 0 N–H and O–H groups in total. The number of halogens is 2. The predicted octanol–water partition coefficient (Wildman–Crippen LogP) is 5.48. The highest BCUT2D eigenvalue weighted by Crippen LogP contribution is 2.28. The largest absolute Gasteiger partial charge is 0.285 e. The van der Waals surface area contributed by atoms with Gasteiger partial charge < -0.3 is 0 Å². The third kappa shape index (κ3) is 3.82. The molecule has 3 heteroatoms. The van der Waals surface area contributed by atoms with Crippen LogP contribution in [0.15, 0.2) is 47.5 Å². The van der Waals surface area contributed by atoms with Crippen LogP contribution in [0, 0.1) is 6.92 Å². The van der Waals surface area contributed by atoms with Crippen molar-refractivity contribution in [3.05, 3.63) is 69.2 Å². The molecule has 0 aromatic heterocycles. The van der Waals surface area contributed by atoms with Crippen LogP contribution < -0.4 is 0 Å². The van der Waals surface area contributed by atoms with Gasteiger partial charge in [0.15, 0.2) is 0 Å². The van der Waals surface area contributed by atoms with Crippen LogP contribution in [0.5, 0.6) is 0 Å². The van der Waals surface area contributed by atoms with E-state index < -0.39 is 0 Å². The van der Waals surface area contributed by atoms with Gasteiger partial charge in [-0.1, -0.05) is 59.1 Å². The van der Waals surface area contributed by atoms with Gasteiger partial charge in [-0.25, -0.2) is 0 Å². The van der Waals surface area contributed by atoms with Gasteiger partial charge in [0.25, 0.3) is 0 Å². The molecule has 0 aliphatic heterocycles. The number of rotatable bonds is 3. The monoisotopic (exact) mass is 291 g/mol. The molecule has 0 saturated carbocycles. The number of benzene rings is 2. The normalized spacial score (nSPS) is 12.8. The molecule has 19 heavy (non-hydrogen) atoms. The zero-order valence-electron chi connectivity index (χ0n) is 10.9. The second-order valence-electron chi connectivity index (χ2n) is 4.53. The standard InChI is InChI=1S/C16H15Cl2N/c1-11-3-5-13(6-4-11)10-19-12(2)15-8-7-14(17)9-16(15)18/h3-10,12H,1-2H3. The van der Waals surface area contributed by atoms with E-state index in [1.54, 1.807) is 6.07 Å². The minimum atomic E-state index is 0.00562. The number of hydrogen-bond donors (Lipinski definition) is 0. The third-order valence-electron chi connectivity index (χ3n) is 2.94. The molecule has 0 aliphatic carbocycles. The maximum atomic E-state index is 6.17. The highest BCUT2D eigenvalue weighted by molar-refractivity contribution is 6.35. The van der Waals surface area contributed by atoms with Crippen molar-refractivity contribution in [2.45, 2.75) is 19.9 Å².